The highest BCUT2D eigenvalue weighted by Gasteiger charge is 2.15. The third-order valence-electron chi connectivity index (χ3n) is 2.61. The Morgan fingerprint density at radius 1 is 1.24 bits per heavy atom. The summed E-state index contributed by atoms with van der Waals surface area (Å²) in [7, 11) is 0. The van der Waals surface area contributed by atoms with Crippen LogP contribution in [0.2, 0.25) is 5.02 Å². The van der Waals surface area contributed by atoms with Crippen molar-refractivity contribution in [2.75, 3.05) is 11.9 Å². The van der Waals surface area contributed by atoms with Crippen molar-refractivity contribution in [2.24, 2.45) is 0 Å². The Hall–Kier alpha value is -2.47. The second-order valence-electron chi connectivity index (χ2n) is 4.09. The number of amides is 2. The van der Waals surface area contributed by atoms with Crippen LogP contribution in [0.15, 0.2) is 36.8 Å². The maximum Gasteiger partial charge on any atom is 0.275 e. The third-order valence-corrected chi connectivity index (χ3v) is 2.84. The summed E-state index contributed by atoms with van der Waals surface area (Å²) in [5, 5.41) is 5.71. The predicted octanol–water partition coefficient (Wildman–Crippen LogP) is 2.13. The van der Waals surface area contributed by atoms with E-state index in [2.05, 4.69) is 20.6 Å². The molecule has 0 unspecified atom stereocenters. The fourth-order valence-corrected chi connectivity index (χ4v) is 1.84. The number of halogens is 1. The molecule has 108 valence electrons. The first-order chi connectivity index (χ1) is 10.1. The Balaban J connectivity index is 2.27. The standard InChI is InChI=1S/C14H13ClN4O2/c1-2-17-13(20)10-7-9(15)3-4-11(10)19-14(21)12-8-16-5-6-18-12/h3-8H,2H2,1H3,(H,17,20)(H,19,21). The summed E-state index contributed by atoms with van der Waals surface area (Å²) >= 11 is 5.90. The zero-order chi connectivity index (χ0) is 15.2. The molecule has 0 atom stereocenters. The fourth-order valence-electron chi connectivity index (χ4n) is 1.67. The van der Waals surface area contributed by atoms with Crippen molar-refractivity contribution in [3.63, 3.8) is 0 Å². The van der Waals surface area contributed by atoms with E-state index < -0.39 is 5.91 Å². The van der Waals surface area contributed by atoms with Gasteiger partial charge in [0.2, 0.25) is 0 Å². The Morgan fingerprint density at radius 2 is 2.05 bits per heavy atom. The number of nitrogens with zero attached hydrogens (tertiary/aromatic N) is 2. The number of rotatable bonds is 4. The first-order valence-corrected chi connectivity index (χ1v) is 6.64. The molecule has 2 amide bonds. The Bertz CT molecular complexity index is 661. The fraction of sp³-hybridized carbons (Fsp3) is 0.143. The molecule has 0 fully saturated rings. The largest absolute Gasteiger partial charge is 0.352 e. The van der Waals surface area contributed by atoms with Crippen molar-refractivity contribution in [3.05, 3.63) is 53.1 Å². The lowest BCUT2D eigenvalue weighted by Gasteiger charge is -2.11. The molecule has 2 rings (SSSR count). The van der Waals surface area contributed by atoms with Gasteiger partial charge in [0.1, 0.15) is 5.69 Å². The average Bonchev–Trinajstić information content (AvgIpc) is 2.50. The molecule has 7 heteroatoms. The molecule has 6 nitrogen and oxygen atoms in total. The average molecular weight is 305 g/mol. The Kier molecular flexibility index (Phi) is 4.84. The number of carbonyl (C=O) groups is 2. The minimum Gasteiger partial charge on any atom is -0.352 e. The molecular formula is C14H13ClN4O2. The number of nitrogens with one attached hydrogen (secondary N) is 2. The van der Waals surface area contributed by atoms with Gasteiger partial charge in [0.05, 0.1) is 17.4 Å². The smallest absolute Gasteiger partial charge is 0.275 e. The van der Waals surface area contributed by atoms with E-state index in [1.165, 1.54) is 24.7 Å². The second kappa shape index (κ2) is 6.81. The quantitative estimate of drug-likeness (QED) is 0.906. The van der Waals surface area contributed by atoms with Crippen LogP contribution in [0.5, 0.6) is 0 Å². The number of hydrogen-bond donors (Lipinski definition) is 2. The van der Waals surface area contributed by atoms with Crippen LogP contribution in [0.4, 0.5) is 5.69 Å². The molecule has 0 aliphatic rings. The van der Waals surface area contributed by atoms with Gasteiger partial charge in [0.15, 0.2) is 0 Å². The third kappa shape index (κ3) is 3.76. The zero-order valence-electron chi connectivity index (χ0n) is 11.3. The van der Waals surface area contributed by atoms with Crippen molar-refractivity contribution in [3.8, 4) is 0 Å². The van der Waals surface area contributed by atoms with Gasteiger partial charge in [0.25, 0.3) is 11.8 Å². The van der Waals surface area contributed by atoms with Gasteiger partial charge in [-0.05, 0) is 25.1 Å². The van der Waals surface area contributed by atoms with Crippen molar-refractivity contribution in [1.29, 1.82) is 0 Å². The van der Waals surface area contributed by atoms with E-state index in [0.29, 0.717) is 22.8 Å². The molecule has 0 radical (unpaired) electrons. The van der Waals surface area contributed by atoms with Crippen LogP contribution in [-0.4, -0.2) is 28.3 Å². The monoisotopic (exact) mass is 304 g/mol. The summed E-state index contributed by atoms with van der Waals surface area (Å²) in [6, 6.07) is 4.66. The van der Waals surface area contributed by atoms with E-state index in [1.54, 1.807) is 19.1 Å². The first-order valence-electron chi connectivity index (χ1n) is 6.27. The van der Waals surface area contributed by atoms with Crippen molar-refractivity contribution in [2.45, 2.75) is 6.92 Å². The molecule has 1 aromatic heterocycles. The van der Waals surface area contributed by atoms with E-state index in [9.17, 15) is 9.59 Å². The molecule has 0 aliphatic carbocycles. The summed E-state index contributed by atoms with van der Waals surface area (Å²) in [5.41, 5.74) is 0.817. The van der Waals surface area contributed by atoms with Crippen molar-refractivity contribution >= 4 is 29.1 Å². The lowest BCUT2D eigenvalue weighted by Crippen LogP contribution is -2.25. The molecule has 0 spiro atoms. The van der Waals surface area contributed by atoms with Crippen LogP contribution in [0.25, 0.3) is 0 Å². The van der Waals surface area contributed by atoms with Crippen molar-refractivity contribution in [1.82, 2.24) is 15.3 Å². The molecule has 0 bridgehead atoms. The van der Waals surface area contributed by atoms with Gasteiger partial charge >= 0.3 is 0 Å². The van der Waals surface area contributed by atoms with Crippen LogP contribution >= 0.6 is 11.6 Å². The van der Waals surface area contributed by atoms with E-state index >= 15 is 0 Å². The minimum atomic E-state index is -0.448. The summed E-state index contributed by atoms with van der Waals surface area (Å²) in [6.45, 7) is 2.28. The van der Waals surface area contributed by atoms with Gasteiger partial charge in [-0.2, -0.15) is 0 Å². The molecule has 2 N–H and O–H groups in total. The maximum absolute atomic E-state index is 12.1. The van der Waals surface area contributed by atoms with Crippen LogP contribution in [0, 0.1) is 0 Å². The van der Waals surface area contributed by atoms with E-state index in [4.69, 9.17) is 11.6 Å². The number of anilines is 1. The van der Waals surface area contributed by atoms with Gasteiger partial charge in [0, 0.05) is 24.0 Å². The molecule has 0 saturated heterocycles. The van der Waals surface area contributed by atoms with Crippen molar-refractivity contribution < 1.29 is 9.59 Å². The van der Waals surface area contributed by atoms with Crippen LogP contribution in [0.3, 0.4) is 0 Å². The summed E-state index contributed by atoms with van der Waals surface area (Å²) in [4.78, 5) is 31.8. The lowest BCUT2D eigenvalue weighted by molar-refractivity contribution is 0.0956. The minimum absolute atomic E-state index is 0.161. The van der Waals surface area contributed by atoms with E-state index in [0.717, 1.165) is 0 Å². The van der Waals surface area contributed by atoms with Crippen LogP contribution in [-0.2, 0) is 0 Å². The number of hydrogen-bond acceptors (Lipinski definition) is 4. The number of aromatic nitrogens is 2. The summed E-state index contributed by atoms with van der Waals surface area (Å²) < 4.78 is 0. The summed E-state index contributed by atoms with van der Waals surface area (Å²) in [5.74, 6) is -0.759. The molecule has 1 heterocycles. The molecule has 1 aromatic carbocycles. The van der Waals surface area contributed by atoms with Crippen LogP contribution in [0.1, 0.15) is 27.8 Å². The molecule has 2 aromatic rings. The van der Waals surface area contributed by atoms with Gasteiger partial charge in [-0.25, -0.2) is 4.98 Å². The van der Waals surface area contributed by atoms with Gasteiger partial charge < -0.3 is 10.6 Å². The molecule has 21 heavy (non-hydrogen) atoms. The number of carbonyl (C=O) groups excluding carboxylic acids is 2. The normalized spacial score (nSPS) is 10.0. The second-order valence-corrected chi connectivity index (χ2v) is 4.53. The highest BCUT2D eigenvalue weighted by Crippen LogP contribution is 2.21. The molecule has 0 saturated carbocycles. The van der Waals surface area contributed by atoms with E-state index in [-0.39, 0.29) is 11.6 Å². The lowest BCUT2D eigenvalue weighted by atomic mass is 10.1. The van der Waals surface area contributed by atoms with Gasteiger partial charge in [-0.15, -0.1) is 0 Å². The highest BCUT2D eigenvalue weighted by atomic mass is 35.5. The summed E-state index contributed by atoms with van der Waals surface area (Å²) in [6.07, 6.45) is 4.23. The molecule has 0 aliphatic heterocycles. The molecular weight excluding hydrogens is 292 g/mol. The number of benzene rings is 1. The Morgan fingerprint density at radius 3 is 2.71 bits per heavy atom. The topological polar surface area (TPSA) is 84.0 Å². The van der Waals surface area contributed by atoms with E-state index in [1.807, 2.05) is 0 Å². The van der Waals surface area contributed by atoms with Crippen LogP contribution < -0.4 is 10.6 Å². The SMILES string of the molecule is CCNC(=O)c1cc(Cl)ccc1NC(=O)c1cnccn1. The predicted molar refractivity (Wildman–Crippen MR) is 79.4 cm³/mol. The first kappa shape index (κ1) is 14.9. The highest BCUT2D eigenvalue weighted by molar-refractivity contribution is 6.31. The zero-order valence-corrected chi connectivity index (χ0v) is 12.0. The maximum atomic E-state index is 12.1. The van der Waals surface area contributed by atoms with Gasteiger partial charge in [-0.1, -0.05) is 11.6 Å². The van der Waals surface area contributed by atoms with Gasteiger partial charge in [-0.3, -0.25) is 14.6 Å². The Labute approximate surface area is 126 Å².